The van der Waals surface area contributed by atoms with E-state index in [9.17, 15) is 14.7 Å². The molecule has 0 aliphatic carbocycles. The summed E-state index contributed by atoms with van der Waals surface area (Å²) in [7, 11) is 1.58. The summed E-state index contributed by atoms with van der Waals surface area (Å²) in [6.07, 6.45) is 1.81. The number of likely N-dealkylation sites (tertiary alicyclic amines) is 1. The van der Waals surface area contributed by atoms with Gasteiger partial charge in [-0.2, -0.15) is 5.10 Å². The van der Waals surface area contributed by atoms with Crippen molar-refractivity contribution in [3.05, 3.63) is 53.1 Å². The van der Waals surface area contributed by atoms with Crippen molar-refractivity contribution in [1.82, 2.24) is 15.6 Å². The van der Waals surface area contributed by atoms with Gasteiger partial charge in [0.15, 0.2) is 18.1 Å². The van der Waals surface area contributed by atoms with Gasteiger partial charge in [0.25, 0.3) is 5.91 Å². The molecule has 0 aromatic heterocycles. The lowest BCUT2D eigenvalue weighted by Gasteiger charge is -2.33. The SMILES string of the molecule is COc1ccccc1OC[C@@H](O)CNC1CCN(C(=O)COc2ccc(C3=NNC(=O)CC3)cc2Cl)CC1. The average molecular weight is 545 g/mol. The molecule has 10 nitrogen and oxygen atoms in total. The number of para-hydroxylation sites is 2. The number of amides is 2. The molecule has 1 fully saturated rings. The van der Waals surface area contributed by atoms with Crippen molar-refractivity contribution >= 4 is 29.1 Å². The molecule has 0 saturated carbocycles. The predicted octanol–water partition coefficient (Wildman–Crippen LogP) is 2.36. The molecule has 3 N–H and O–H groups in total. The van der Waals surface area contributed by atoms with Crippen LogP contribution in [-0.4, -0.2) is 79.6 Å². The van der Waals surface area contributed by atoms with Gasteiger partial charge in [-0.3, -0.25) is 9.59 Å². The third-order valence-electron chi connectivity index (χ3n) is 6.51. The normalized spacial score (nSPS) is 16.9. The Balaban J connectivity index is 1.15. The van der Waals surface area contributed by atoms with Gasteiger partial charge in [0, 0.05) is 38.5 Å². The van der Waals surface area contributed by atoms with Crippen molar-refractivity contribution < 1.29 is 28.9 Å². The fourth-order valence-electron chi connectivity index (χ4n) is 4.33. The van der Waals surface area contributed by atoms with E-state index in [1.54, 1.807) is 36.3 Å². The maximum atomic E-state index is 12.7. The summed E-state index contributed by atoms with van der Waals surface area (Å²) in [6.45, 7) is 1.64. The maximum Gasteiger partial charge on any atom is 0.260 e. The summed E-state index contributed by atoms with van der Waals surface area (Å²) in [5, 5.41) is 18.1. The van der Waals surface area contributed by atoms with Crippen LogP contribution in [0.4, 0.5) is 0 Å². The number of hydrogen-bond acceptors (Lipinski definition) is 8. The van der Waals surface area contributed by atoms with Crippen molar-refractivity contribution in [2.75, 3.05) is 40.0 Å². The summed E-state index contributed by atoms with van der Waals surface area (Å²) in [5.41, 5.74) is 4.03. The van der Waals surface area contributed by atoms with Crippen LogP contribution in [0.2, 0.25) is 5.02 Å². The highest BCUT2D eigenvalue weighted by Gasteiger charge is 2.24. The maximum absolute atomic E-state index is 12.7. The molecule has 1 atom stereocenters. The first-order valence-electron chi connectivity index (χ1n) is 12.7. The van der Waals surface area contributed by atoms with Crippen LogP contribution in [0.1, 0.15) is 31.2 Å². The lowest BCUT2D eigenvalue weighted by Crippen LogP contribution is -2.48. The van der Waals surface area contributed by atoms with Gasteiger partial charge in [-0.05, 0) is 48.7 Å². The molecule has 0 bridgehead atoms. The molecule has 0 radical (unpaired) electrons. The van der Waals surface area contributed by atoms with Crippen LogP contribution in [0.3, 0.4) is 0 Å². The molecule has 38 heavy (non-hydrogen) atoms. The summed E-state index contributed by atoms with van der Waals surface area (Å²) < 4.78 is 16.6. The Morgan fingerprint density at radius 2 is 1.92 bits per heavy atom. The number of aliphatic hydroxyl groups excluding tert-OH is 1. The minimum absolute atomic E-state index is 0.104. The Bertz CT molecular complexity index is 1150. The molecular weight excluding hydrogens is 512 g/mol. The largest absolute Gasteiger partial charge is 0.493 e. The molecule has 2 heterocycles. The number of nitrogens with zero attached hydrogens (tertiary/aromatic N) is 2. The Hall–Kier alpha value is -3.34. The van der Waals surface area contributed by atoms with Crippen LogP contribution in [-0.2, 0) is 9.59 Å². The number of carbonyl (C=O) groups excluding carboxylic acids is 2. The number of methoxy groups -OCH3 is 1. The molecule has 204 valence electrons. The fraction of sp³-hybridized carbons (Fsp3) is 0.444. The van der Waals surface area contributed by atoms with Crippen LogP contribution in [0.5, 0.6) is 17.2 Å². The van der Waals surface area contributed by atoms with Gasteiger partial charge in [-0.25, -0.2) is 5.43 Å². The van der Waals surface area contributed by atoms with E-state index < -0.39 is 6.10 Å². The summed E-state index contributed by atoms with van der Waals surface area (Å²) in [4.78, 5) is 25.7. The van der Waals surface area contributed by atoms with Crippen LogP contribution in [0, 0.1) is 0 Å². The van der Waals surface area contributed by atoms with Crippen LogP contribution >= 0.6 is 11.6 Å². The van der Waals surface area contributed by atoms with E-state index in [0.29, 0.717) is 54.7 Å². The number of carbonyl (C=O) groups is 2. The molecule has 1 saturated heterocycles. The zero-order valence-electron chi connectivity index (χ0n) is 21.3. The van der Waals surface area contributed by atoms with Crippen LogP contribution in [0.25, 0.3) is 0 Å². The van der Waals surface area contributed by atoms with Gasteiger partial charge >= 0.3 is 0 Å². The highest BCUT2D eigenvalue weighted by atomic mass is 35.5. The van der Waals surface area contributed by atoms with Gasteiger partial charge in [0.1, 0.15) is 18.5 Å². The molecule has 2 amide bonds. The van der Waals surface area contributed by atoms with Crippen molar-refractivity contribution in [3.8, 4) is 17.2 Å². The number of halogens is 1. The Kier molecular flexibility index (Phi) is 9.80. The lowest BCUT2D eigenvalue weighted by molar-refractivity contribution is -0.134. The molecule has 0 unspecified atom stereocenters. The van der Waals surface area contributed by atoms with Gasteiger partial charge in [0.05, 0.1) is 17.8 Å². The fourth-order valence-corrected chi connectivity index (χ4v) is 4.56. The second-order valence-electron chi connectivity index (χ2n) is 9.21. The number of aliphatic hydroxyl groups is 1. The number of hydrogen-bond donors (Lipinski definition) is 3. The van der Waals surface area contributed by atoms with Crippen molar-refractivity contribution in [3.63, 3.8) is 0 Å². The van der Waals surface area contributed by atoms with Crippen molar-refractivity contribution in [2.45, 2.75) is 37.8 Å². The smallest absolute Gasteiger partial charge is 0.260 e. The summed E-state index contributed by atoms with van der Waals surface area (Å²) in [5.74, 6) is 1.43. The first kappa shape index (κ1) is 27.7. The quantitative estimate of drug-likeness (QED) is 0.397. The Morgan fingerprint density at radius 3 is 2.61 bits per heavy atom. The van der Waals surface area contributed by atoms with E-state index in [1.807, 2.05) is 18.2 Å². The number of hydrazone groups is 1. The monoisotopic (exact) mass is 544 g/mol. The molecule has 11 heteroatoms. The van der Waals surface area contributed by atoms with E-state index in [1.165, 1.54) is 0 Å². The first-order valence-corrected chi connectivity index (χ1v) is 13.0. The molecule has 2 aromatic carbocycles. The number of piperidine rings is 1. The third-order valence-corrected chi connectivity index (χ3v) is 6.81. The number of benzene rings is 2. The topological polar surface area (TPSA) is 122 Å². The Labute approximate surface area is 226 Å². The second-order valence-corrected chi connectivity index (χ2v) is 9.61. The number of nitrogens with one attached hydrogen (secondary N) is 2. The zero-order chi connectivity index (χ0) is 26.9. The highest BCUT2D eigenvalue weighted by molar-refractivity contribution is 6.32. The molecule has 4 rings (SSSR count). The van der Waals surface area contributed by atoms with E-state index in [-0.39, 0.29) is 31.1 Å². The minimum atomic E-state index is -0.673. The molecule has 0 spiro atoms. The summed E-state index contributed by atoms with van der Waals surface area (Å²) >= 11 is 6.36. The predicted molar refractivity (Wildman–Crippen MR) is 143 cm³/mol. The third kappa shape index (κ3) is 7.59. The molecular formula is C27H33ClN4O6. The average Bonchev–Trinajstić information content (AvgIpc) is 2.95. The van der Waals surface area contributed by atoms with Gasteiger partial charge < -0.3 is 29.5 Å². The minimum Gasteiger partial charge on any atom is -0.493 e. The summed E-state index contributed by atoms with van der Waals surface area (Å²) in [6, 6.07) is 12.8. The lowest BCUT2D eigenvalue weighted by atomic mass is 10.0. The standard InChI is InChI=1S/C27H33ClN4O6/c1-36-24-4-2-3-5-25(24)37-16-20(33)15-29-19-10-12-32(13-11-19)27(35)17-38-23-8-6-18(14-21(23)28)22-7-9-26(34)31-30-22/h2-6,8,14,19-20,29,33H,7,9-13,15-17H2,1H3,(H,31,34)/t20-/m0/s1. The van der Waals surface area contributed by atoms with Crippen LogP contribution in [0.15, 0.2) is 47.6 Å². The van der Waals surface area contributed by atoms with E-state index in [2.05, 4.69) is 15.8 Å². The molecule has 2 aromatic rings. The number of ether oxygens (including phenoxy) is 3. The highest BCUT2D eigenvalue weighted by Crippen LogP contribution is 2.27. The van der Waals surface area contributed by atoms with Gasteiger partial charge in [-0.1, -0.05) is 23.7 Å². The van der Waals surface area contributed by atoms with E-state index in [0.717, 1.165) is 24.1 Å². The molecule has 2 aliphatic rings. The van der Waals surface area contributed by atoms with Gasteiger partial charge in [-0.15, -0.1) is 0 Å². The van der Waals surface area contributed by atoms with E-state index >= 15 is 0 Å². The first-order chi connectivity index (χ1) is 18.4. The van der Waals surface area contributed by atoms with E-state index in [4.69, 9.17) is 25.8 Å². The number of rotatable bonds is 11. The zero-order valence-corrected chi connectivity index (χ0v) is 22.1. The molecule has 2 aliphatic heterocycles. The van der Waals surface area contributed by atoms with Crippen molar-refractivity contribution in [2.24, 2.45) is 5.10 Å². The van der Waals surface area contributed by atoms with Gasteiger partial charge in [0.2, 0.25) is 5.91 Å². The second kappa shape index (κ2) is 13.5. The Morgan fingerprint density at radius 1 is 1.16 bits per heavy atom. The van der Waals surface area contributed by atoms with Crippen LogP contribution < -0.4 is 25.0 Å². The van der Waals surface area contributed by atoms with Crippen molar-refractivity contribution in [1.29, 1.82) is 0 Å².